The molecule has 1 amide bonds. The summed E-state index contributed by atoms with van der Waals surface area (Å²) in [7, 11) is 0. The highest BCUT2D eigenvalue weighted by molar-refractivity contribution is 9.09. The Kier molecular flexibility index (Phi) is 7.47. The van der Waals surface area contributed by atoms with E-state index in [1.807, 2.05) is 24.3 Å². The number of hydrogen-bond donors (Lipinski definition) is 1. The van der Waals surface area contributed by atoms with E-state index < -0.39 is 0 Å². The molecule has 0 aliphatic rings. The van der Waals surface area contributed by atoms with Crippen molar-refractivity contribution >= 4 is 33.4 Å². The van der Waals surface area contributed by atoms with Crippen LogP contribution in [-0.2, 0) is 11.2 Å². The van der Waals surface area contributed by atoms with E-state index in [-0.39, 0.29) is 5.91 Å². The molecule has 1 aromatic carbocycles. The van der Waals surface area contributed by atoms with Gasteiger partial charge in [-0.05, 0) is 17.5 Å². The average Bonchev–Trinajstić information content (AvgIpc) is 2.40. The monoisotopic (exact) mass is 345 g/mol. The number of hydrogen-bond acceptors (Lipinski definition) is 1. The van der Waals surface area contributed by atoms with Crippen LogP contribution in [0, 0.1) is 5.92 Å². The first-order valence-electron chi connectivity index (χ1n) is 6.72. The Balaban J connectivity index is 2.42. The van der Waals surface area contributed by atoms with Gasteiger partial charge in [0.05, 0.1) is 6.42 Å². The fraction of sp³-hybridized carbons (Fsp3) is 0.533. The van der Waals surface area contributed by atoms with Gasteiger partial charge in [-0.3, -0.25) is 4.79 Å². The van der Waals surface area contributed by atoms with Gasteiger partial charge in [-0.2, -0.15) is 0 Å². The molecule has 1 rings (SSSR count). The molecule has 0 heterocycles. The molecule has 1 atom stereocenters. The highest BCUT2D eigenvalue weighted by atomic mass is 79.9. The Hall–Kier alpha value is -0.540. The minimum atomic E-state index is 0.0171. The number of nitrogens with one attached hydrogen (secondary N) is 1. The summed E-state index contributed by atoms with van der Waals surface area (Å²) < 4.78 is 0. The second-order valence-corrected chi connectivity index (χ2v) is 6.25. The highest BCUT2D eigenvalue weighted by Gasteiger charge is 2.16. The van der Waals surface area contributed by atoms with E-state index in [9.17, 15) is 4.79 Å². The van der Waals surface area contributed by atoms with Crippen molar-refractivity contribution in [3.63, 3.8) is 0 Å². The quantitative estimate of drug-likeness (QED) is 0.737. The molecule has 1 unspecified atom stereocenters. The lowest BCUT2D eigenvalue weighted by Crippen LogP contribution is -2.33. The number of carbonyl (C=O) groups excluding carboxylic acids is 1. The van der Waals surface area contributed by atoms with Gasteiger partial charge in [0.2, 0.25) is 5.91 Å². The van der Waals surface area contributed by atoms with Gasteiger partial charge in [0, 0.05) is 16.4 Å². The third-order valence-electron chi connectivity index (χ3n) is 3.36. The Morgan fingerprint density at radius 3 is 2.53 bits per heavy atom. The van der Waals surface area contributed by atoms with Crippen LogP contribution in [0.5, 0.6) is 0 Å². The van der Waals surface area contributed by atoms with Gasteiger partial charge in [0.1, 0.15) is 0 Å². The maximum absolute atomic E-state index is 11.9. The third kappa shape index (κ3) is 5.53. The maximum Gasteiger partial charge on any atom is 0.224 e. The lowest BCUT2D eigenvalue weighted by atomic mass is 9.99. The Labute approximate surface area is 129 Å². The van der Waals surface area contributed by atoms with Crippen LogP contribution in [0.2, 0.25) is 5.02 Å². The number of rotatable bonds is 7. The molecule has 19 heavy (non-hydrogen) atoms. The van der Waals surface area contributed by atoms with Crippen molar-refractivity contribution in [3.05, 3.63) is 34.9 Å². The molecule has 0 saturated carbocycles. The Morgan fingerprint density at radius 2 is 1.95 bits per heavy atom. The first kappa shape index (κ1) is 16.5. The summed E-state index contributed by atoms with van der Waals surface area (Å²) in [5, 5.41) is 3.61. The van der Waals surface area contributed by atoms with Crippen molar-refractivity contribution in [1.29, 1.82) is 0 Å². The van der Waals surface area contributed by atoms with Gasteiger partial charge in [-0.1, -0.05) is 72.4 Å². The van der Waals surface area contributed by atoms with E-state index in [1.165, 1.54) is 0 Å². The van der Waals surface area contributed by atoms with Crippen molar-refractivity contribution in [3.8, 4) is 0 Å². The fourth-order valence-electron chi connectivity index (χ4n) is 2.06. The number of benzene rings is 1. The predicted molar refractivity (Wildman–Crippen MR) is 85.0 cm³/mol. The molecule has 0 radical (unpaired) electrons. The largest absolute Gasteiger partial charge is 0.355 e. The van der Waals surface area contributed by atoms with Crippen molar-refractivity contribution in [2.24, 2.45) is 5.92 Å². The van der Waals surface area contributed by atoms with Crippen LogP contribution in [0.15, 0.2) is 24.3 Å². The van der Waals surface area contributed by atoms with Gasteiger partial charge >= 0.3 is 0 Å². The van der Waals surface area contributed by atoms with Gasteiger partial charge in [0.25, 0.3) is 0 Å². The second-order valence-electron chi connectivity index (χ2n) is 4.66. The summed E-state index contributed by atoms with van der Waals surface area (Å²) in [4.78, 5) is 12.2. The molecule has 0 aliphatic carbocycles. The SMILES string of the molecule is CCC(CC)C(Br)CNC(=O)Cc1ccccc1Cl. The first-order valence-corrected chi connectivity index (χ1v) is 8.02. The molecule has 0 saturated heterocycles. The number of carbonyl (C=O) groups is 1. The van der Waals surface area contributed by atoms with Gasteiger partial charge in [-0.25, -0.2) is 0 Å². The summed E-state index contributed by atoms with van der Waals surface area (Å²) >= 11 is 9.69. The number of halogens is 2. The molecule has 0 aliphatic heterocycles. The van der Waals surface area contributed by atoms with E-state index in [0.717, 1.165) is 18.4 Å². The Bertz CT molecular complexity index is 407. The molecular formula is C15H21BrClNO. The topological polar surface area (TPSA) is 29.1 Å². The zero-order chi connectivity index (χ0) is 14.3. The van der Waals surface area contributed by atoms with E-state index in [4.69, 9.17) is 11.6 Å². The third-order valence-corrected chi connectivity index (χ3v) is 4.80. The van der Waals surface area contributed by atoms with Crippen LogP contribution >= 0.6 is 27.5 Å². The van der Waals surface area contributed by atoms with Crippen molar-refractivity contribution in [2.45, 2.75) is 37.9 Å². The van der Waals surface area contributed by atoms with Crippen LogP contribution in [0.1, 0.15) is 32.3 Å². The molecule has 1 aromatic rings. The summed E-state index contributed by atoms with van der Waals surface area (Å²) in [6.07, 6.45) is 2.57. The van der Waals surface area contributed by atoms with Crippen LogP contribution in [0.25, 0.3) is 0 Å². The van der Waals surface area contributed by atoms with Crippen molar-refractivity contribution in [1.82, 2.24) is 5.32 Å². The minimum absolute atomic E-state index is 0.0171. The fourth-order valence-corrected chi connectivity index (χ4v) is 3.17. The smallest absolute Gasteiger partial charge is 0.224 e. The van der Waals surface area contributed by atoms with Crippen LogP contribution in [0.3, 0.4) is 0 Å². The van der Waals surface area contributed by atoms with Crippen LogP contribution in [0.4, 0.5) is 0 Å². The second kappa shape index (κ2) is 8.60. The molecule has 0 fully saturated rings. The van der Waals surface area contributed by atoms with E-state index >= 15 is 0 Å². The van der Waals surface area contributed by atoms with Crippen molar-refractivity contribution in [2.75, 3.05) is 6.54 Å². The summed E-state index contributed by atoms with van der Waals surface area (Å²) in [5.74, 6) is 0.615. The molecule has 0 spiro atoms. The Morgan fingerprint density at radius 1 is 1.32 bits per heavy atom. The lowest BCUT2D eigenvalue weighted by Gasteiger charge is -2.20. The summed E-state index contributed by atoms with van der Waals surface area (Å²) in [5.41, 5.74) is 0.871. The normalized spacial score (nSPS) is 12.5. The highest BCUT2D eigenvalue weighted by Crippen LogP contribution is 2.19. The van der Waals surface area contributed by atoms with E-state index in [2.05, 4.69) is 35.1 Å². The molecule has 2 nitrogen and oxygen atoms in total. The van der Waals surface area contributed by atoms with Crippen LogP contribution in [-0.4, -0.2) is 17.3 Å². The molecule has 1 N–H and O–H groups in total. The maximum atomic E-state index is 11.9. The van der Waals surface area contributed by atoms with E-state index in [1.54, 1.807) is 0 Å². The zero-order valence-electron chi connectivity index (χ0n) is 11.5. The van der Waals surface area contributed by atoms with E-state index in [0.29, 0.717) is 28.7 Å². The zero-order valence-corrected chi connectivity index (χ0v) is 13.8. The molecule has 106 valence electrons. The van der Waals surface area contributed by atoms with Gasteiger partial charge in [-0.15, -0.1) is 0 Å². The van der Waals surface area contributed by atoms with Gasteiger partial charge < -0.3 is 5.32 Å². The summed E-state index contributed by atoms with van der Waals surface area (Å²) in [6.45, 7) is 5.01. The number of amides is 1. The van der Waals surface area contributed by atoms with Crippen molar-refractivity contribution < 1.29 is 4.79 Å². The van der Waals surface area contributed by atoms with Gasteiger partial charge in [0.15, 0.2) is 0 Å². The average molecular weight is 347 g/mol. The predicted octanol–water partition coefficient (Wildman–Crippen LogP) is 4.20. The summed E-state index contributed by atoms with van der Waals surface area (Å²) in [6, 6.07) is 7.45. The minimum Gasteiger partial charge on any atom is -0.355 e. The number of alkyl halides is 1. The standard InChI is InChI=1S/C15H21BrClNO/c1-3-11(4-2)13(16)10-18-15(19)9-12-7-5-6-8-14(12)17/h5-8,11,13H,3-4,9-10H2,1-2H3,(H,18,19). The molecule has 0 bridgehead atoms. The molecular weight excluding hydrogens is 326 g/mol. The molecule has 4 heteroatoms. The first-order chi connectivity index (χ1) is 9.08. The molecule has 0 aromatic heterocycles. The van der Waals surface area contributed by atoms with Crippen LogP contribution < -0.4 is 5.32 Å². The lowest BCUT2D eigenvalue weighted by molar-refractivity contribution is -0.120.